The van der Waals surface area contributed by atoms with Crippen LogP contribution in [0.5, 0.6) is 0 Å². The molecule has 1 aliphatic rings. The zero-order valence-corrected chi connectivity index (χ0v) is 14.7. The van der Waals surface area contributed by atoms with Gasteiger partial charge in [0, 0.05) is 30.2 Å². The smallest absolute Gasteiger partial charge is 0.338 e. The van der Waals surface area contributed by atoms with Gasteiger partial charge >= 0.3 is 5.97 Å². The number of esters is 1. The second kappa shape index (κ2) is 7.55. The molecule has 0 bridgehead atoms. The van der Waals surface area contributed by atoms with Crippen molar-refractivity contribution in [3.8, 4) is 5.69 Å². The average molecular weight is 340 g/mol. The topological polar surface area (TPSA) is 51.5 Å². The van der Waals surface area contributed by atoms with Crippen LogP contribution >= 0.6 is 0 Å². The lowest BCUT2D eigenvalue weighted by atomic mass is 9.97. The monoisotopic (exact) mass is 340 g/mol. The lowest BCUT2D eigenvalue weighted by molar-refractivity contribution is -0.140. The molecule has 0 spiro atoms. The van der Waals surface area contributed by atoms with E-state index >= 15 is 0 Å². The highest BCUT2D eigenvalue weighted by atomic mass is 16.5. The molecule has 1 amide bonds. The van der Waals surface area contributed by atoms with Gasteiger partial charge in [-0.2, -0.15) is 0 Å². The molecule has 1 aromatic carbocycles. The fourth-order valence-corrected chi connectivity index (χ4v) is 3.47. The first-order valence-corrected chi connectivity index (χ1v) is 8.78. The summed E-state index contributed by atoms with van der Waals surface area (Å²) < 4.78 is 7.19. The Balaban J connectivity index is 1.58. The SMILES string of the molecule is CC1CCCC(C)N1C(=O)COC(=O)c1ccc(-n2cccc2)cc1. The molecule has 2 aromatic rings. The molecular weight excluding hydrogens is 316 g/mol. The number of piperidine rings is 1. The van der Waals surface area contributed by atoms with E-state index in [1.54, 1.807) is 12.1 Å². The lowest BCUT2D eigenvalue weighted by Gasteiger charge is -2.38. The third-order valence-corrected chi connectivity index (χ3v) is 4.81. The second-order valence-corrected chi connectivity index (χ2v) is 6.64. The Hall–Kier alpha value is -2.56. The molecule has 5 heteroatoms. The quantitative estimate of drug-likeness (QED) is 0.801. The van der Waals surface area contributed by atoms with Gasteiger partial charge in [-0.25, -0.2) is 4.79 Å². The summed E-state index contributed by atoms with van der Waals surface area (Å²) in [5.74, 6) is -0.582. The average Bonchev–Trinajstić information content (AvgIpc) is 3.14. The summed E-state index contributed by atoms with van der Waals surface area (Å²) in [7, 11) is 0. The first kappa shape index (κ1) is 17.3. The van der Waals surface area contributed by atoms with Gasteiger partial charge in [-0.05, 0) is 69.5 Å². The van der Waals surface area contributed by atoms with Crippen molar-refractivity contribution in [2.24, 2.45) is 0 Å². The van der Waals surface area contributed by atoms with Gasteiger partial charge in [0.25, 0.3) is 5.91 Å². The highest BCUT2D eigenvalue weighted by molar-refractivity contribution is 5.91. The summed E-state index contributed by atoms with van der Waals surface area (Å²) in [6.07, 6.45) is 7.02. The fourth-order valence-electron chi connectivity index (χ4n) is 3.47. The number of ether oxygens (including phenoxy) is 1. The molecule has 132 valence electrons. The molecule has 2 heterocycles. The number of rotatable bonds is 4. The maximum absolute atomic E-state index is 12.4. The van der Waals surface area contributed by atoms with Gasteiger partial charge in [0.15, 0.2) is 6.61 Å². The Morgan fingerprint density at radius 3 is 2.24 bits per heavy atom. The van der Waals surface area contributed by atoms with Gasteiger partial charge in [-0.1, -0.05) is 0 Å². The molecule has 2 atom stereocenters. The minimum Gasteiger partial charge on any atom is -0.452 e. The zero-order valence-electron chi connectivity index (χ0n) is 14.7. The highest BCUT2D eigenvalue weighted by Crippen LogP contribution is 2.22. The van der Waals surface area contributed by atoms with Crippen molar-refractivity contribution in [3.05, 3.63) is 54.4 Å². The number of hydrogen-bond donors (Lipinski definition) is 0. The van der Waals surface area contributed by atoms with E-state index < -0.39 is 5.97 Å². The predicted octanol–water partition coefficient (Wildman–Crippen LogP) is 3.42. The summed E-state index contributed by atoms with van der Waals surface area (Å²) in [6, 6.07) is 11.4. The molecule has 1 saturated heterocycles. The van der Waals surface area contributed by atoms with Crippen molar-refractivity contribution in [2.45, 2.75) is 45.2 Å². The van der Waals surface area contributed by atoms with E-state index in [0.29, 0.717) is 5.56 Å². The predicted molar refractivity (Wildman–Crippen MR) is 95.7 cm³/mol. The van der Waals surface area contributed by atoms with E-state index in [1.165, 1.54) is 0 Å². The molecule has 1 aromatic heterocycles. The van der Waals surface area contributed by atoms with Crippen LogP contribution in [0.25, 0.3) is 5.69 Å². The summed E-state index contributed by atoms with van der Waals surface area (Å²) in [6.45, 7) is 3.90. The molecule has 0 aliphatic carbocycles. The van der Waals surface area contributed by atoms with Gasteiger partial charge < -0.3 is 14.2 Å². The number of hydrogen-bond acceptors (Lipinski definition) is 3. The van der Waals surface area contributed by atoms with Crippen LogP contribution in [0.15, 0.2) is 48.8 Å². The van der Waals surface area contributed by atoms with E-state index in [2.05, 4.69) is 13.8 Å². The van der Waals surface area contributed by atoms with Crippen LogP contribution in [0, 0.1) is 0 Å². The minimum atomic E-state index is -0.468. The van der Waals surface area contributed by atoms with Crippen LogP contribution in [0.2, 0.25) is 0 Å². The fraction of sp³-hybridized carbons (Fsp3) is 0.400. The molecule has 0 radical (unpaired) electrons. The third-order valence-electron chi connectivity index (χ3n) is 4.81. The van der Waals surface area contributed by atoms with Crippen LogP contribution in [-0.4, -0.2) is 40.0 Å². The number of benzene rings is 1. The first-order valence-electron chi connectivity index (χ1n) is 8.78. The van der Waals surface area contributed by atoms with Crippen molar-refractivity contribution < 1.29 is 14.3 Å². The molecular formula is C20H24N2O3. The second-order valence-electron chi connectivity index (χ2n) is 6.64. The number of nitrogens with zero attached hydrogens (tertiary/aromatic N) is 2. The molecule has 25 heavy (non-hydrogen) atoms. The van der Waals surface area contributed by atoms with Crippen LogP contribution in [0.1, 0.15) is 43.5 Å². The summed E-state index contributed by atoms with van der Waals surface area (Å²) in [5, 5.41) is 0. The lowest BCUT2D eigenvalue weighted by Crippen LogP contribution is -2.49. The first-order chi connectivity index (χ1) is 12.1. The van der Waals surface area contributed by atoms with E-state index in [0.717, 1.165) is 24.9 Å². The van der Waals surface area contributed by atoms with Crippen molar-refractivity contribution >= 4 is 11.9 Å². The number of carbonyl (C=O) groups excluding carboxylic acids is 2. The molecule has 3 rings (SSSR count). The largest absolute Gasteiger partial charge is 0.452 e. The molecule has 1 aliphatic heterocycles. The van der Waals surface area contributed by atoms with Crippen LogP contribution < -0.4 is 0 Å². The van der Waals surface area contributed by atoms with Gasteiger partial charge in [0.2, 0.25) is 0 Å². The maximum Gasteiger partial charge on any atom is 0.338 e. The third kappa shape index (κ3) is 3.92. The number of carbonyl (C=O) groups is 2. The van der Waals surface area contributed by atoms with Gasteiger partial charge in [0.1, 0.15) is 0 Å². The number of aromatic nitrogens is 1. The minimum absolute atomic E-state index is 0.114. The standard InChI is InChI=1S/C20H24N2O3/c1-15-6-5-7-16(2)22(15)19(23)14-25-20(24)17-8-10-18(11-9-17)21-12-3-4-13-21/h3-4,8-13,15-16H,5-7,14H2,1-2H3. The Bertz CT molecular complexity index is 712. The molecule has 0 saturated carbocycles. The van der Waals surface area contributed by atoms with Crippen molar-refractivity contribution in [2.75, 3.05) is 6.61 Å². The summed E-state index contributed by atoms with van der Waals surface area (Å²) in [5.41, 5.74) is 1.41. The summed E-state index contributed by atoms with van der Waals surface area (Å²) in [4.78, 5) is 26.5. The number of likely N-dealkylation sites (tertiary alicyclic amines) is 1. The van der Waals surface area contributed by atoms with Crippen molar-refractivity contribution in [1.29, 1.82) is 0 Å². The van der Waals surface area contributed by atoms with Gasteiger partial charge in [-0.3, -0.25) is 4.79 Å². The maximum atomic E-state index is 12.4. The van der Waals surface area contributed by atoms with Crippen LogP contribution in [0.4, 0.5) is 0 Å². The molecule has 5 nitrogen and oxygen atoms in total. The van der Waals surface area contributed by atoms with Crippen molar-refractivity contribution in [3.63, 3.8) is 0 Å². The van der Waals surface area contributed by atoms with Crippen LogP contribution in [0.3, 0.4) is 0 Å². The highest BCUT2D eigenvalue weighted by Gasteiger charge is 2.29. The van der Waals surface area contributed by atoms with Gasteiger partial charge in [-0.15, -0.1) is 0 Å². The Labute approximate surface area is 148 Å². The van der Waals surface area contributed by atoms with E-state index in [9.17, 15) is 9.59 Å². The van der Waals surface area contributed by atoms with Crippen molar-refractivity contribution in [1.82, 2.24) is 9.47 Å². The number of amides is 1. The summed E-state index contributed by atoms with van der Waals surface area (Å²) >= 11 is 0. The zero-order chi connectivity index (χ0) is 17.8. The molecule has 0 N–H and O–H groups in total. The van der Waals surface area contributed by atoms with E-state index in [4.69, 9.17) is 4.74 Å². The Morgan fingerprint density at radius 2 is 1.64 bits per heavy atom. The molecule has 1 fully saturated rings. The van der Waals surface area contributed by atoms with E-state index in [1.807, 2.05) is 46.1 Å². The normalized spacial score (nSPS) is 20.3. The van der Waals surface area contributed by atoms with Gasteiger partial charge in [0.05, 0.1) is 5.56 Å². The Kier molecular flexibility index (Phi) is 5.22. The Morgan fingerprint density at radius 1 is 1.04 bits per heavy atom. The van der Waals surface area contributed by atoms with Crippen LogP contribution in [-0.2, 0) is 9.53 Å². The molecule has 2 unspecified atom stereocenters. The van der Waals surface area contributed by atoms with E-state index in [-0.39, 0.29) is 24.6 Å².